The lowest BCUT2D eigenvalue weighted by Gasteiger charge is -2.01. The van der Waals surface area contributed by atoms with Gasteiger partial charge in [0.1, 0.15) is 0 Å². The van der Waals surface area contributed by atoms with E-state index in [4.69, 9.17) is 5.11 Å². The van der Waals surface area contributed by atoms with Gasteiger partial charge in [0.2, 0.25) is 0 Å². The first kappa shape index (κ1) is 8.95. The van der Waals surface area contributed by atoms with Gasteiger partial charge in [-0.25, -0.2) is 0 Å². The van der Waals surface area contributed by atoms with E-state index in [1.807, 2.05) is 0 Å². The molecule has 1 N–H and O–H groups in total. The molecular weight excluding hydrogens is 184 g/mol. The molecule has 0 rings (SSSR count). The summed E-state index contributed by atoms with van der Waals surface area (Å²) in [7, 11) is 0. The maximum absolute atomic E-state index is 10.2. The van der Waals surface area contributed by atoms with Crippen molar-refractivity contribution in [3.63, 3.8) is 0 Å². The zero-order valence-electron chi connectivity index (χ0n) is 5.43. The third-order valence-corrected chi connectivity index (χ3v) is 1.75. The summed E-state index contributed by atoms with van der Waals surface area (Å²) in [4.78, 5) is 10.2. The van der Waals surface area contributed by atoms with Gasteiger partial charge in [-0.05, 0) is 12.8 Å². The van der Waals surface area contributed by atoms with Crippen molar-refractivity contribution in [2.75, 3.05) is 5.33 Å². The molecule has 2 nitrogen and oxygen atoms in total. The molecule has 0 spiro atoms. The van der Waals surface area contributed by atoms with Crippen LogP contribution in [0.1, 0.15) is 19.8 Å². The van der Waals surface area contributed by atoms with Crippen molar-refractivity contribution in [3.05, 3.63) is 0 Å². The van der Waals surface area contributed by atoms with Crippen LogP contribution in [0, 0.1) is 5.92 Å². The molecule has 0 heterocycles. The highest BCUT2D eigenvalue weighted by atomic mass is 79.9. The Labute approximate surface area is 63.4 Å². The minimum atomic E-state index is -0.698. The monoisotopic (exact) mass is 194 g/mol. The van der Waals surface area contributed by atoms with E-state index in [2.05, 4.69) is 15.9 Å². The maximum atomic E-state index is 10.2. The Morgan fingerprint density at radius 1 is 1.78 bits per heavy atom. The molecule has 0 fully saturated rings. The van der Waals surface area contributed by atoms with Crippen LogP contribution in [0.15, 0.2) is 0 Å². The number of alkyl halides is 1. The molecule has 3 heteroatoms. The largest absolute Gasteiger partial charge is 0.481 e. The Bertz CT molecular complexity index is 93.1. The fourth-order valence-electron chi connectivity index (χ4n) is 0.507. The highest BCUT2D eigenvalue weighted by molar-refractivity contribution is 9.09. The third-order valence-electron chi connectivity index (χ3n) is 1.19. The van der Waals surface area contributed by atoms with Crippen LogP contribution in [-0.4, -0.2) is 16.4 Å². The number of carboxylic acid groups (broad SMARTS) is 1. The second kappa shape index (κ2) is 4.79. The first-order chi connectivity index (χ1) is 4.18. The van der Waals surface area contributed by atoms with Crippen LogP contribution in [0.2, 0.25) is 0 Å². The molecule has 0 aliphatic rings. The van der Waals surface area contributed by atoms with Gasteiger partial charge < -0.3 is 5.11 Å². The molecule has 0 unspecified atom stereocenters. The second-order valence-electron chi connectivity index (χ2n) is 2.07. The van der Waals surface area contributed by atoms with E-state index in [9.17, 15) is 4.79 Å². The molecule has 0 aromatic heterocycles. The maximum Gasteiger partial charge on any atom is 0.306 e. The van der Waals surface area contributed by atoms with Crippen LogP contribution in [0.25, 0.3) is 0 Å². The number of rotatable bonds is 4. The molecule has 0 amide bonds. The quantitative estimate of drug-likeness (QED) is 0.695. The van der Waals surface area contributed by atoms with E-state index in [1.165, 1.54) is 0 Å². The zero-order chi connectivity index (χ0) is 7.28. The highest BCUT2D eigenvalue weighted by Gasteiger charge is 2.08. The summed E-state index contributed by atoms with van der Waals surface area (Å²) in [5.74, 6) is -0.890. The Balaban J connectivity index is 3.27. The van der Waals surface area contributed by atoms with E-state index >= 15 is 0 Å². The van der Waals surface area contributed by atoms with Crippen molar-refractivity contribution in [2.24, 2.45) is 5.92 Å². The first-order valence-electron chi connectivity index (χ1n) is 2.97. The van der Waals surface area contributed by atoms with E-state index in [1.54, 1.807) is 6.92 Å². The van der Waals surface area contributed by atoms with Gasteiger partial charge in [0.25, 0.3) is 0 Å². The molecule has 54 valence electrons. The van der Waals surface area contributed by atoms with Gasteiger partial charge in [-0.2, -0.15) is 0 Å². The third kappa shape index (κ3) is 4.45. The zero-order valence-corrected chi connectivity index (χ0v) is 7.02. The molecule has 1 atom stereocenters. The van der Waals surface area contributed by atoms with E-state index in [0.717, 1.165) is 18.2 Å². The van der Waals surface area contributed by atoms with E-state index in [0.29, 0.717) is 0 Å². The molecule has 0 aromatic carbocycles. The number of carbonyl (C=O) groups is 1. The molecule has 0 aliphatic carbocycles. The Morgan fingerprint density at radius 2 is 2.33 bits per heavy atom. The van der Waals surface area contributed by atoms with Gasteiger partial charge in [-0.15, -0.1) is 0 Å². The summed E-state index contributed by atoms with van der Waals surface area (Å²) in [5.41, 5.74) is 0. The van der Waals surface area contributed by atoms with Gasteiger partial charge in [-0.3, -0.25) is 4.79 Å². The van der Waals surface area contributed by atoms with Gasteiger partial charge in [0.05, 0.1) is 5.92 Å². The number of halogens is 1. The summed E-state index contributed by atoms with van der Waals surface area (Å²) in [5, 5.41) is 9.29. The smallest absolute Gasteiger partial charge is 0.306 e. The van der Waals surface area contributed by atoms with Crippen LogP contribution in [0.3, 0.4) is 0 Å². The van der Waals surface area contributed by atoms with Crippen LogP contribution in [0.5, 0.6) is 0 Å². The fraction of sp³-hybridized carbons (Fsp3) is 0.833. The number of carboxylic acids is 1. The van der Waals surface area contributed by atoms with Gasteiger partial charge in [0, 0.05) is 5.33 Å². The van der Waals surface area contributed by atoms with Crippen molar-refractivity contribution >= 4 is 21.9 Å². The van der Waals surface area contributed by atoms with Gasteiger partial charge >= 0.3 is 5.97 Å². The van der Waals surface area contributed by atoms with Crippen molar-refractivity contribution in [2.45, 2.75) is 19.8 Å². The Hall–Kier alpha value is -0.0500. The molecule has 0 saturated carbocycles. The minimum absolute atomic E-state index is 0.192. The minimum Gasteiger partial charge on any atom is -0.481 e. The van der Waals surface area contributed by atoms with Crippen LogP contribution in [-0.2, 0) is 4.79 Å². The van der Waals surface area contributed by atoms with Crippen molar-refractivity contribution in [1.29, 1.82) is 0 Å². The molecule has 0 radical (unpaired) electrons. The molecule has 0 aliphatic heterocycles. The molecular formula is C6H11BrO2. The molecule has 0 aromatic rings. The molecule has 9 heavy (non-hydrogen) atoms. The normalized spacial score (nSPS) is 13.1. The number of aliphatic carboxylic acids is 1. The number of hydrogen-bond donors (Lipinski definition) is 1. The summed E-state index contributed by atoms with van der Waals surface area (Å²) in [6, 6.07) is 0. The van der Waals surface area contributed by atoms with Crippen molar-refractivity contribution in [1.82, 2.24) is 0 Å². The summed E-state index contributed by atoms with van der Waals surface area (Å²) >= 11 is 3.23. The average molecular weight is 195 g/mol. The van der Waals surface area contributed by atoms with Gasteiger partial charge in [0.15, 0.2) is 0 Å². The topological polar surface area (TPSA) is 37.3 Å². The Kier molecular flexibility index (Phi) is 4.77. The lowest BCUT2D eigenvalue weighted by molar-refractivity contribution is -0.141. The lowest BCUT2D eigenvalue weighted by Crippen LogP contribution is -2.08. The number of hydrogen-bond acceptors (Lipinski definition) is 1. The average Bonchev–Trinajstić information content (AvgIpc) is 1.82. The standard InChI is InChI=1S/C6H11BrO2/c1-5(6(8)9)3-2-4-7/h5H,2-4H2,1H3,(H,8,9)/t5-/m0/s1. The highest BCUT2D eigenvalue weighted by Crippen LogP contribution is 2.06. The summed E-state index contributed by atoms with van der Waals surface area (Å²) < 4.78 is 0. The van der Waals surface area contributed by atoms with Crippen LogP contribution < -0.4 is 0 Å². The SMILES string of the molecule is C[C@@H](CCCBr)C(=O)O. The van der Waals surface area contributed by atoms with Crippen LogP contribution >= 0.6 is 15.9 Å². The van der Waals surface area contributed by atoms with Gasteiger partial charge in [-0.1, -0.05) is 22.9 Å². The van der Waals surface area contributed by atoms with Crippen molar-refractivity contribution in [3.8, 4) is 0 Å². The lowest BCUT2D eigenvalue weighted by atomic mass is 10.1. The summed E-state index contributed by atoms with van der Waals surface area (Å²) in [6.07, 6.45) is 1.70. The fourth-order valence-corrected chi connectivity index (χ4v) is 0.831. The van der Waals surface area contributed by atoms with Crippen molar-refractivity contribution < 1.29 is 9.90 Å². The molecule has 0 bridgehead atoms. The predicted molar refractivity (Wildman–Crippen MR) is 39.8 cm³/mol. The van der Waals surface area contributed by atoms with E-state index in [-0.39, 0.29) is 5.92 Å². The second-order valence-corrected chi connectivity index (χ2v) is 2.86. The predicted octanol–water partition coefficient (Wildman–Crippen LogP) is 1.88. The van der Waals surface area contributed by atoms with Crippen LogP contribution in [0.4, 0.5) is 0 Å². The first-order valence-corrected chi connectivity index (χ1v) is 4.09. The summed E-state index contributed by atoms with van der Waals surface area (Å²) in [6.45, 7) is 1.73. The molecule has 0 saturated heterocycles. The Morgan fingerprint density at radius 3 is 2.67 bits per heavy atom. The van der Waals surface area contributed by atoms with E-state index < -0.39 is 5.97 Å².